The Kier molecular flexibility index (Phi) is 6.97. The van der Waals surface area contributed by atoms with Gasteiger partial charge in [-0.2, -0.15) is 0 Å². The molecule has 0 bridgehead atoms. The van der Waals surface area contributed by atoms with Crippen molar-refractivity contribution < 1.29 is 19.1 Å². The smallest absolute Gasteiger partial charge is 0.317 e. The van der Waals surface area contributed by atoms with Gasteiger partial charge in [-0.05, 0) is 44.5 Å². The van der Waals surface area contributed by atoms with E-state index in [0.29, 0.717) is 11.3 Å². The average Bonchev–Trinajstić information content (AvgIpc) is 2.61. The third kappa shape index (κ3) is 5.74. The number of Topliss-reactive ketones (excluding diaryl/α,β-unsaturated/α-hetero) is 1. The summed E-state index contributed by atoms with van der Waals surface area (Å²) in [4.78, 5) is 36.5. The number of hydrogen-bond donors (Lipinski definition) is 1. The molecule has 2 aromatic rings. The molecule has 0 aliphatic heterocycles. The van der Waals surface area contributed by atoms with Crippen molar-refractivity contribution in [3.63, 3.8) is 0 Å². The van der Waals surface area contributed by atoms with Gasteiger partial charge in [0.2, 0.25) is 0 Å². The molecule has 0 aromatic heterocycles. The van der Waals surface area contributed by atoms with E-state index >= 15 is 0 Å². The lowest BCUT2D eigenvalue weighted by Crippen LogP contribution is -2.30. The van der Waals surface area contributed by atoms with Crippen LogP contribution in [0, 0.1) is 6.92 Å². The summed E-state index contributed by atoms with van der Waals surface area (Å²) in [5, 5.41) is 2.65. The Morgan fingerprint density at radius 2 is 1.85 bits per heavy atom. The molecule has 2 rings (SSSR count). The van der Waals surface area contributed by atoms with Gasteiger partial charge in [-0.1, -0.05) is 30.3 Å². The van der Waals surface area contributed by atoms with Gasteiger partial charge in [0.05, 0.1) is 5.75 Å². The molecular formula is C20H21NO4S. The molecule has 5 nitrogen and oxygen atoms in total. The predicted molar refractivity (Wildman–Crippen MR) is 103 cm³/mol. The number of ether oxygens (including phenoxy) is 1. The zero-order valence-corrected chi connectivity index (χ0v) is 15.8. The number of carbonyl (C=O) groups is 3. The van der Waals surface area contributed by atoms with Crippen molar-refractivity contribution in [2.24, 2.45) is 0 Å². The summed E-state index contributed by atoms with van der Waals surface area (Å²) in [5.41, 5.74) is 2.07. The zero-order valence-electron chi connectivity index (χ0n) is 14.9. The van der Waals surface area contributed by atoms with Gasteiger partial charge in [-0.3, -0.25) is 14.4 Å². The van der Waals surface area contributed by atoms with Crippen molar-refractivity contribution >= 4 is 35.1 Å². The molecule has 2 aromatic carbocycles. The number of anilines is 1. The van der Waals surface area contributed by atoms with Gasteiger partial charge in [0, 0.05) is 16.1 Å². The molecule has 0 spiro atoms. The predicted octanol–water partition coefficient (Wildman–Crippen LogP) is 3.86. The summed E-state index contributed by atoms with van der Waals surface area (Å²) in [6, 6.07) is 14.4. The Labute approximate surface area is 157 Å². The van der Waals surface area contributed by atoms with Gasteiger partial charge >= 0.3 is 5.97 Å². The quantitative estimate of drug-likeness (QED) is 0.454. The minimum atomic E-state index is -0.930. The first kappa shape index (κ1) is 19.7. The summed E-state index contributed by atoms with van der Waals surface area (Å²) >= 11 is 1.37. The van der Waals surface area contributed by atoms with E-state index in [1.54, 1.807) is 24.3 Å². The number of esters is 1. The van der Waals surface area contributed by atoms with Crippen molar-refractivity contribution in [1.82, 2.24) is 0 Å². The van der Waals surface area contributed by atoms with E-state index in [1.807, 2.05) is 31.2 Å². The van der Waals surface area contributed by atoms with Crippen molar-refractivity contribution in [1.29, 1.82) is 0 Å². The van der Waals surface area contributed by atoms with E-state index in [0.717, 1.165) is 10.5 Å². The molecule has 0 radical (unpaired) electrons. The molecule has 0 aliphatic rings. The molecule has 26 heavy (non-hydrogen) atoms. The van der Waals surface area contributed by atoms with Gasteiger partial charge in [-0.15, -0.1) is 11.8 Å². The molecule has 0 fully saturated rings. The number of nitrogens with one attached hydrogen (secondary N) is 1. The van der Waals surface area contributed by atoms with Crippen LogP contribution in [0.1, 0.15) is 29.8 Å². The zero-order chi connectivity index (χ0) is 19.1. The topological polar surface area (TPSA) is 72.5 Å². The van der Waals surface area contributed by atoms with Gasteiger partial charge in [0.25, 0.3) is 5.91 Å². The minimum Gasteiger partial charge on any atom is -0.452 e. The van der Waals surface area contributed by atoms with Crippen molar-refractivity contribution in [2.75, 3.05) is 11.1 Å². The Balaban J connectivity index is 1.86. The number of carbonyl (C=O) groups excluding carboxylic acids is 3. The van der Waals surface area contributed by atoms with Gasteiger partial charge in [0.1, 0.15) is 0 Å². The monoisotopic (exact) mass is 371 g/mol. The minimum absolute atomic E-state index is 0.0891. The SMILES string of the molecule is CC(=O)c1cccc(NC(=O)[C@H](C)OC(=O)CSc2ccccc2C)c1. The fourth-order valence-corrected chi connectivity index (χ4v) is 3.01. The second-order valence-corrected chi connectivity index (χ2v) is 6.83. The summed E-state index contributed by atoms with van der Waals surface area (Å²) in [6.45, 7) is 4.94. The van der Waals surface area contributed by atoms with Crippen molar-refractivity contribution in [3.05, 3.63) is 59.7 Å². The summed E-state index contributed by atoms with van der Waals surface area (Å²) in [6.07, 6.45) is -0.930. The highest BCUT2D eigenvalue weighted by molar-refractivity contribution is 8.00. The third-order valence-corrected chi connectivity index (χ3v) is 4.80. The molecule has 1 N–H and O–H groups in total. The summed E-state index contributed by atoms with van der Waals surface area (Å²) < 4.78 is 5.18. The molecular weight excluding hydrogens is 350 g/mol. The third-order valence-electron chi connectivity index (χ3n) is 3.65. The Bertz CT molecular complexity index is 819. The highest BCUT2D eigenvalue weighted by atomic mass is 32.2. The number of hydrogen-bond acceptors (Lipinski definition) is 5. The molecule has 0 aliphatic carbocycles. The fraction of sp³-hybridized carbons (Fsp3) is 0.250. The molecule has 1 amide bonds. The first-order chi connectivity index (χ1) is 12.4. The van der Waals surface area contributed by atoms with Crippen LogP contribution < -0.4 is 5.32 Å². The maximum absolute atomic E-state index is 12.2. The highest BCUT2D eigenvalue weighted by Gasteiger charge is 2.18. The number of thioether (sulfide) groups is 1. The van der Waals surface area contributed by atoms with Crippen LogP contribution in [0.3, 0.4) is 0 Å². The lowest BCUT2D eigenvalue weighted by Gasteiger charge is -2.14. The maximum Gasteiger partial charge on any atom is 0.317 e. The Morgan fingerprint density at radius 3 is 2.54 bits per heavy atom. The largest absolute Gasteiger partial charge is 0.452 e. The summed E-state index contributed by atoms with van der Waals surface area (Å²) in [5.74, 6) is -0.866. The lowest BCUT2D eigenvalue weighted by atomic mass is 10.1. The van der Waals surface area contributed by atoms with E-state index in [9.17, 15) is 14.4 Å². The average molecular weight is 371 g/mol. The number of amides is 1. The van der Waals surface area contributed by atoms with Gasteiger partial charge < -0.3 is 10.1 Å². The Morgan fingerprint density at radius 1 is 1.12 bits per heavy atom. The molecule has 1 atom stereocenters. The second kappa shape index (κ2) is 9.20. The fourth-order valence-electron chi connectivity index (χ4n) is 2.20. The molecule has 0 saturated heterocycles. The van der Waals surface area contributed by atoms with Crippen molar-refractivity contribution in [2.45, 2.75) is 31.8 Å². The van der Waals surface area contributed by atoms with Gasteiger partial charge in [0.15, 0.2) is 11.9 Å². The van der Waals surface area contributed by atoms with Crippen LogP contribution in [0.4, 0.5) is 5.69 Å². The normalized spacial score (nSPS) is 11.5. The maximum atomic E-state index is 12.2. The first-order valence-electron chi connectivity index (χ1n) is 8.16. The molecule has 0 unspecified atom stereocenters. The van der Waals surface area contributed by atoms with Crippen LogP contribution in [0.15, 0.2) is 53.4 Å². The Hall–Kier alpha value is -2.60. The standard InChI is InChI=1S/C20H21NO4S/c1-13-7-4-5-10-18(13)26-12-19(23)25-15(3)20(24)21-17-9-6-8-16(11-17)14(2)22/h4-11,15H,12H2,1-3H3,(H,21,24)/t15-/m0/s1. The van der Waals surface area contributed by atoms with E-state index in [4.69, 9.17) is 4.74 Å². The number of rotatable bonds is 7. The molecule has 0 saturated carbocycles. The van der Waals surface area contributed by atoms with E-state index in [-0.39, 0.29) is 11.5 Å². The van der Waals surface area contributed by atoms with Crippen LogP contribution in [-0.4, -0.2) is 29.5 Å². The van der Waals surface area contributed by atoms with E-state index in [1.165, 1.54) is 25.6 Å². The molecule has 6 heteroatoms. The first-order valence-corrected chi connectivity index (χ1v) is 9.15. The van der Waals surface area contributed by atoms with Crippen LogP contribution in [0.25, 0.3) is 0 Å². The number of aryl methyl sites for hydroxylation is 1. The van der Waals surface area contributed by atoms with Crippen molar-refractivity contribution in [3.8, 4) is 0 Å². The molecule has 136 valence electrons. The van der Waals surface area contributed by atoms with E-state index in [2.05, 4.69) is 5.32 Å². The number of ketones is 1. The van der Waals surface area contributed by atoms with Crippen LogP contribution in [0.2, 0.25) is 0 Å². The summed E-state index contributed by atoms with van der Waals surface area (Å²) in [7, 11) is 0. The van der Waals surface area contributed by atoms with Crippen LogP contribution >= 0.6 is 11.8 Å². The molecule has 0 heterocycles. The lowest BCUT2D eigenvalue weighted by molar-refractivity contribution is -0.150. The van der Waals surface area contributed by atoms with E-state index < -0.39 is 18.0 Å². The second-order valence-electron chi connectivity index (χ2n) is 5.81. The van der Waals surface area contributed by atoms with Crippen LogP contribution in [-0.2, 0) is 14.3 Å². The highest BCUT2D eigenvalue weighted by Crippen LogP contribution is 2.22. The van der Waals surface area contributed by atoms with Crippen LogP contribution in [0.5, 0.6) is 0 Å². The number of benzene rings is 2. The van der Waals surface area contributed by atoms with Gasteiger partial charge in [-0.25, -0.2) is 0 Å².